The standard InChI is InChI=1S/C18H13N7/c1-2-4-12(5-3-1)16-17-23-18(24-25(17)9-8-19-16)22-13-6-7-14-15(10-13)21-11-20-14/h1-11H,(H,20,21)(H,22,24). The molecular formula is C18H13N7. The van der Waals surface area contributed by atoms with Gasteiger partial charge in [-0.25, -0.2) is 9.50 Å². The highest BCUT2D eigenvalue weighted by atomic mass is 15.3. The fourth-order valence-corrected chi connectivity index (χ4v) is 2.81. The minimum atomic E-state index is 0.518. The molecule has 0 atom stereocenters. The van der Waals surface area contributed by atoms with E-state index in [1.54, 1.807) is 23.2 Å². The van der Waals surface area contributed by atoms with Crippen LogP contribution in [0.25, 0.3) is 27.9 Å². The maximum absolute atomic E-state index is 4.60. The number of nitrogens with one attached hydrogen (secondary N) is 2. The Bertz CT molecular complexity index is 1170. The third-order valence-corrected chi connectivity index (χ3v) is 3.98. The van der Waals surface area contributed by atoms with Crippen LogP contribution in [-0.4, -0.2) is 29.5 Å². The fraction of sp³-hybridized carbons (Fsp3) is 0. The number of benzene rings is 2. The van der Waals surface area contributed by atoms with Gasteiger partial charge in [-0.1, -0.05) is 30.3 Å². The Morgan fingerprint density at radius 1 is 1.00 bits per heavy atom. The van der Waals surface area contributed by atoms with Gasteiger partial charge in [0, 0.05) is 23.6 Å². The highest BCUT2D eigenvalue weighted by Crippen LogP contribution is 2.23. The van der Waals surface area contributed by atoms with E-state index >= 15 is 0 Å². The normalized spacial score (nSPS) is 11.2. The summed E-state index contributed by atoms with van der Waals surface area (Å²) < 4.78 is 1.73. The van der Waals surface area contributed by atoms with Crippen LogP contribution in [0, 0.1) is 0 Å². The third kappa shape index (κ3) is 2.38. The summed E-state index contributed by atoms with van der Waals surface area (Å²) in [6, 6.07) is 15.8. The molecular weight excluding hydrogens is 314 g/mol. The van der Waals surface area contributed by atoms with Crippen LogP contribution in [0.5, 0.6) is 0 Å². The topological polar surface area (TPSA) is 83.8 Å². The van der Waals surface area contributed by atoms with Crippen molar-refractivity contribution in [3.63, 3.8) is 0 Å². The van der Waals surface area contributed by atoms with Crippen molar-refractivity contribution in [3.05, 3.63) is 67.3 Å². The molecule has 0 radical (unpaired) electrons. The van der Waals surface area contributed by atoms with E-state index in [1.165, 1.54) is 0 Å². The zero-order valence-corrected chi connectivity index (χ0v) is 13.1. The van der Waals surface area contributed by atoms with Gasteiger partial charge in [0.1, 0.15) is 5.69 Å². The van der Waals surface area contributed by atoms with Gasteiger partial charge in [0.2, 0.25) is 5.95 Å². The van der Waals surface area contributed by atoms with Crippen LogP contribution in [0.4, 0.5) is 11.6 Å². The second-order valence-corrected chi connectivity index (χ2v) is 5.60. The first-order valence-electron chi connectivity index (χ1n) is 7.84. The van der Waals surface area contributed by atoms with Crippen LogP contribution in [0.15, 0.2) is 67.3 Å². The van der Waals surface area contributed by atoms with Gasteiger partial charge >= 0.3 is 0 Å². The summed E-state index contributed by atoms with van der Waals surface area (Å²) in [6.45, 7) is 0. The summed E-state index contributed by atoms with van der Waals surface area (Å²) in [6.07, 6.45) is 5.19. The predicted molar refractivity (Wildman–Crippen MR) is 95.6 cm³/mol. The number of anilines is 2. The largest absolute Gasteiger partial charge is 0.345 e. The first-order valence-corrected chi connectivity index (χ1v) is 7.84. The molecule has 25 heavy (non-hydrogen) atoms. The van der Waals surface area contributed by atoms with Crippen LogP contribution < -0.4 is 5.32 Å². The van der Waals surface area contributed by atoms with Gasteiger partial charge < -0.3 is 10.3 Å². The fourth-order valence-electron chi connectivity index (χ4n) is 2.81. The second kappa shape index (κ2) is 5.41. The number of aromatic nitrogens is 6. The number of hydrogen-bond donors (Lipinski definition) is 2. The van der Waals surface area contributed by atoms with Gasteiger partial charge in [-0.05, 0) is 18.2 Å². The zero-order chi connectivity index (χ0) is 16.6. The molecule has 0 fully saturated rings. The minimum absolute atomic E-state index is 0.518. The summed E-state index contributed by atoms with van der Waals surface area (Å²) in [5.41, 5.74) is 5.28. The summed E-state index contributed by atoms with van der Waals surface area (Å²) in [7, 11) is 0. The van der Waals surface area contributed by atoms with E-state index in [1.807, 2.05) is 48.5 Å². The van der Waals surface area contributed by atoms with E-state index in [-0.39, 0.29) is 0 Å². The molecule has 5 aromatic rings. The molecule has 0 amide bonds. The van der Waals surface area contributed by atoms with E-state index in [4.69, 9.17) is 0 Å². The average molecular weight is 327 g/mol. The molecule has 0 bridgehead atoms. The lowest BCUT2D eigenvalue weighted by molar-refractivity contribution is 0.952. The molecule has 0 saturated heterocycles. The number of hydrogen-bond acceptors (Lipinski definition) is 5. The van der Waals surface area contributed by atoms with E-state index in [9.17, 15) is 0 Å². The summed E-state index contributed by atoms with van der Waals surface area (Å²) >= 11 is 0. The molecule has 3 aromatic heterocycles. The summed E-state index contributed by atoms with van der Waals surface area (Å²) in [5.74, 6) is 0.518. The number of fused-ring (bicyclic) bond motifs is 2. The van der Waals surface area contributed by atoms with Crippen molar-refractivity contribution in [2.45, 2.75) is 0 Å². The first-order chi connectivity index (χ1) is 12.4. The monoisotopic (exact) mass is 327 g/mol. The highest BCUT2D eigenvalue weighted by molar-refractivity contribution is 5.80. The quantitative estimate of drug-likeness (QED) is 0.530. The van der Waals surface area contributed by atoms with Gasteiger partial charge in [0.25, 0.3) is 0 Å². The van der Waals surface area contributed by atoms with Crippen molar-refractivity contribution in [2.75, 3.05) is 5.32 Å². The molecule has 120 valence electrons. The molecule has 0 aliphatic rings. The minimum Gasteiger partial charge on any atom is -0.345 e. The lowest BCUT2D eigenvalue weighted by atomic mass is 10.1. The van der Waals surface area contributed by atoms with E-state index in [0.29, 0.717) is 11.6 Å². The average Bonchev–Trinajstić information content (AvgIpc) is 3.27. The van der Waals surface area contributed by atoms with Crippen molar-refractivity contribution in [3.8, 4) is 11.3 Å². The number of aromatic amines is 1. The molecule has 0 saturated carbocycles. The van der Waals surface area contributed by atoms with E-state index < -0.39 is 0 Å². The Labute approximate surface area is 142 Å². The van der Waals surface area contributed by atoms with Crippen molar-refractivity contribution in [1.29, 1.82) is 0 Å². The molecule has 0 unspecified atom stereocenters. The number of imidazole rings is 1. The van der Waals surface area contributed by atoms with Gasteiger partial charge in [0.05, 0.1) is 17.4 Å². The Morgan fingerprint density at radius 2 is 1.92 bits per heavy atom. The van der Waals surface area contributed by atoms with Crippen molar-refractivity contribution < 1.29 is 0 Å². The van der Waals surface area contributed by atoms with Crippen LogP contribution in [0.3, 0.4) is 0 Å². The van der Waals surface area contributed by atoms with Crippen LogP contribution in [0.2, 0.25) is 0 Å². The molecule has 2 N–H and O–H groups in total. The Kier molecular flexibility index (Phi) is 2.96. The number of nitrogens with zero attached hydrogens (tertiary/aromatic N) is 5. The van der Waals surface area contributed by atoms with Crippen LogP contribution in [0.1, 0.15) is 0 Å². The molecule has 7 heteroatoms. The summed E-state index contributed by atoms with van der Waals surface area (Å²) in [4.78, 5) is 16.4. The first kappa shape index (κ1) is 13.7. The summed E-state index contributed by atoms with van der Waals surface area (Å²) in [5, 5.41) is 7.73. The highest BCUT2D eigenvalue weighted by Gasteiger charge is 2.11. The van der Waals surface area contributed by atoms with Crippen molar-refractivity contribution in [2.24, 2.45) is 0 Å². The van der Waals surface area contributed by atoms with E-state index in [2.05, 4.69) is 30.4 Å². The van der Waals surface area contributed by atoms with Crippen LogP contribution >= 0.6 is 0 Å². The maximum Gasteiger partial charge on any atom is 0.247 e. The smallest absolute Gasteiger partial charge is 0.247 e. The molecule has 7 nitrogen and oxygen atoms in total. The van der Waals surface area contributed by atoms with Gasteiger partial charge in [-0.2, -0.15) is 4.98 Å². The lowest BCUT2D eigenvalue weighted by Gasteiger charge is -2.01. The molecule has 0 aliphatic carbocycles. The SMILES string of the molecule is c1ccc(-c2nccn3nc(Nc4ccc5nc[nH]c5c4)nc23)cc1. The predicted octanol–water partition coefficient (Wildman–Crippen LogP) is 3.41. The number of rotatable bonds is 3. The Morgan fingerprint density at radius 3 is 2.84 bits per heavy atom. The molecule has 3 heterocycles. The zero-order valence-electron chi connectivity index (χ0n) is 13.1. The Balaban J connectivity index is 1.56. The molecule has 5 rings (SSSR count). The second-order valence-electron chi connectivity index (χ2n) is 5.60. The molecule has 2 aromatic carbocycles. The Hall–Kier alpha value is -3.74. The van der Waals surface area contributed by atoms with Gasteiger partial charge in [-0.3, -0.25) is 4.98 Å². The third-order valence-electron chi connectivity index (χ3n) is 3.98. The molecule has 0 aliphatic heterocycles. The molecule has 0 spiro atoms. The lowest BCUT2D eigenvalue weighted by Crippen LogP contribution is -1.93. The van der Waals surface area contributed by atoms with Gasteiger partial charge in [0.15, 0.2) is 5.65 Å². The maximum atomic E-state index is 4.60. The van der Waals surface area contributed by atoms with Gasteiger partial charge in [-0.15, -0.1) is 5.10 Å². The van der Waals surface area contributed by atoms with Crippen LogP contribution in [-0.2, 0) is 0 Å². The van der Waals surface area contributed by atoms with E-state index in [0.717, 1.165) is 28.0 Å². The number of H-pyrrole nitrogens is 1. The van der Waals surface area contributed by atoms with Crippen molar-refractivity contribution >= 4 is 28.3 Å². The van der Waals surface area contributed by atoms with Crippen molar-refractivity contribution in [1.82, 2.24) is 29.5 Å².